The number of rotatable bonds is 5. The molecule has 2 rings (SSSR count). The molecule has 0 aliphatic carbocycles. The van der Waals surface area contributed by atoms with Crippen LogP contribution in [0.5, 0.6) is 0 Å². The molecular formula is C22H33N3O3. The van der Waals surface area contributed by atoms with Crippen LogP contribution in [0, 0.1) is 17.3 Å². The monoisotopic (exact) mass is 387 g/mol. The standard InChI is InChI=1S/C22H33N3O3/c1-21(2)14-27-20(28-15-21)13-24-12-18(23)17-8-7-16(9-10-22(3,4)26)11-19(17)25(5)6/h7-8,11-12,20,24,26H,13-15,23H2,1-6H3/b18-12-. The van der Waals surface area contributed by atoms with Gasteiger partial charge in [0.25, 0.3) is 0 Å². The van der Waals surface area contributed by atoms with Gasteiger partial charge >= 0.3 is 0 Å². The molecule has 1 aliphatic heterocycles. The molecule has 154 valence electrons. The van der Waals surface area contributed by atoms with Crippen LogP contribution in [-0.2, 0) is 9.47 Å². The van der Waals surface area contributed by atoms with E-state index in [2.05, 4.69) is 31.0 Å². The molecule has 1 saturated heterocycles. The average molecular weight is 388 g/mol. The fourth-order valence-corrected chi connectivity index (χ4v) is 2.64. The van der Waals surface area contributed by atoms with Gasteiger partial charge < -0.3 is 30.5 Å². The Morgan fingerprint density at radius 3 is 2.57 bits per heavy atom. The summed E-state index contributed by atoms with van der Waals surface area (Å²) in [6, 6.07) is 5.80. The van der Waals surface area contributed by atoms with Gasteiger partial charge in [-0.2, -0.15) is 0 Å². The molecule has 1 aromatic carbocycles. The summed E-state index contributed by atoms with van der Waals surface area (Å²) in [4.78, 5) is 1.99. The smallest absolute Gasteiger partial charge is 0.174 e. The Hall–Kier alpha value is -2.20. The number of aliphatic hydroxyl groups is 1. The van der Waals surface area contributed by atoms with Crippen LogP contribution in [0.2, 0.25) is 0 Å². The second kappa shape index (κ2) is 8.87. The number of nitrogens with zero attached hydrogens (tertiary/aromatic N) is 1. The molecule has 0 spiro atoms. The molecule has 0 aromatic heterocycles. The SMILES string of the molecule is CN(C)c1cc(C#CC(C)(C)O)ccc1/C(N)=C/NCC1OCC(C)(C)CO1. The van der Waals surface area contributed by atoms with Crippen molar-refractivity contribution in [2.24, 2.45) is 11.1 Å². The quantitative estimate of drug-likeness (QED) is 0.672. The van der Waals surface area contributed by atoms with Crippen molar-refractivity contribution in [2.75, 3.05) is 38.8 Å². The molecule has 0 bridgehead atoms. The van der Waals surface area contributed by atoms with Crippen LogP contribution in [0.1, 0.15) is 38.8 Å². The predicted molar refractivity (Wildman–Crippen MR) is 114 cm³/mol. The molecule has 0 atom stereocenters. The van der Waals surface area contributed by atoms with E-state index in [0.29, 0.717) is 25.5 Å². The molecule has 0 radical (unpaired) electrons. The van der Waals surface area contributed by atoms with E-state index in [9.17, 15) is 5.11 Å². The Bertz CT molecular complexity index is 757. The van der Waals surface area contributed by atoms with Crippen molar-refractivity contribution in [3.05, 3.63) is 35.5 Å². The minimum absolute atomic E-state index is 0.0574. The van der Waals surface area contributed by atoms with Crippen LogP contribution < -0.4 is 16.0 Å². The van der Waals surface area contributed by atoms with E-state index in [1.165, 1.54) is 0 Å². The van der Waals surface area contributed by atoms with Crippen LogP contribution in [0.25, 0.3) is 5.70 Å². The van der Waals surface area contributed by atoms with Gasteiger partial charge in [0.2, 0.25) is 0 Å². The van der Waals surface area contributed by atoms with E-state index in [-0.39, 0.29) is 11.7 Å². The molecule has 6 heteroatoms. The summed E-state index contributed by atoms with van der Waals surface area (Å²) in [5.74, 6) is 5.83. The molecule has 0 unspecified atom stereocenters. The number of nitrogens with one attached hydrogen (secondary N) is 1. The maximum absolute atomic E-state index is 9.79. The highest BCUT2D eigenvalue weighted by Crippen LogP contribution is 2.25. The van der Waals surface area contributed by atoms with Crippen molar-refractivity contribution < 1.29 is 14.6 Å². The van der Waals surface area contributed by atoms with Crippen LogP contribution in [-0.4, -0.2) is 50.9 Å². The van der Waals surface area contributed by atoms with Crippen molar-refractivity contribution in [1.82, 2.24) is 5.32 Å². The highest BCUT2D eigenvalue weighted by atomic mass is 16.7. The molecule has 0 saturated carbocycles. The van der Waals surface area contributed by atoms with Gasteiger partial charge in [0, 0.05) is 42.5 Å². The van der Waals surface area contributed by atoms with Crippen LogP contribution in [0.4, 0.5) is 5.69 Å². The first-order chi connectivity index (χ1) is 13.0. The van der Waals surface area contributed by atoms with E-state index in [4.69, 9.17) is 15.2 Å². The number of ether oxygens (including phenoxy) is 2. The first-order valence-corrected chi connectivity index (χ1v) is 9.46. The molecule has 0 amide bonds. The van der Waals surface area contributed by atoms with Crippen molar-refractivity contribution in [3.63, 3.8) is 0 Å². The number of nitrogens with two attached hydrogens (primary N) is 1. The highest BCUT2D eigenvalue weighted by Gasteiger charge is 2.27. The lowest BCUT2D eigenvalue weighted by Crippen LogP contribution is -2.41. The summed E-state index contributed by atoms with van der Waals surface area (Å²) in [7, 11) is 3.91. The summed E-state index contributed by atoms with van der Waals surface area (Å²) in [5, 5.41) is 13.0. The van der Waals surface area contributed by atoms with Crippen LogP contribution >= 0.6 is 0 Å². The summed E-state index contributed by atoms with van der Waals surface area (Å²) in [5.41, 5.74) is 8.61. The van der Waals surface area contributed by atoms with Gasteiger partial charge in [0.15, 0.2) is 6.29 Å². The molecule has 6 nitrogen and oxygen atoms in total. The third kappa shape index (κ3) is 6.75. The van der Waals surface area contributed by atoms with E-state index in [0.717, 1.165) is 16.8 Å². The molecule has 28 heavy (non-hydrogen) atoms. The number of anilines is 1. The van der Waals surface area contributed by atoms with E-state index in [1.807, 2.05) is 37.2 Å². The molecule has 1 aliphatic rings. The molecule has 4 N–H and O–H groups in total. The van der Waals surface area contributed by atoms with Gasteiger partial charge in [-0.25, -0.2) is 0 Å². The van der Waals surface area contributed by atoms with E-state index >= 15 is 0 Å². The zero-order chi connectivity index (χ0) is 20.9. The summed E-state index contributed by atoms with van der Waals surface area (Å²) in [6.07, 6.45) is 1.50. The summed E-state index contributed by atoms with van der Waals surface area (Å²) >= 11 is 0. The summed E-state index contributed by atoms with van der Waals surface area (Å²) < 4.78 is 11.4. The fraction of sp³-hybridized carbons (Fsp3) is 0.545. The maximum atomic E-state index is 9.79. The number of hydrogen-bond donors (Lipinski definition) is 3. The van der Waals surface area contributed by atoms with E-state index < -0.39 is 5.60 Å². The van der Waals surface area contributed by atoms with Gasteiger partial charge in [0.1, 0.15) is 5.60 Å². The molecular weight excluding hydrogens is 354 g/mol. The Balaban J connectivity index is 2.08. The normalized spacial score (nSPS) is 17.6. The average Bonchev–Trinajstić information content (AvgIpc) is 2.60. The van der Waals surface area contributed by atoms with E-state index in [1.54, 1.807) is 20.0 Å². The number of hydrogen-bond acceptors (Lipinski definition) is 6. The lowest BCUT2D eigenvalue weighted by molar-refractivity contribution is -0.217. The Morgan fingerprint density at radius 2 is 2.00 bits per heavy atom. The van der Waals surface area contributed by atoms with Gasteiger partial charge in [-0.3, -0.25) is 0 Å². The van der Waals surface area contributed by atoms with Crippen LogP contribution in [0.15, 0.2) is 24.4 Å². The first kappa shape index (κ1) is 22.1. The number of benzene rings is 1. The largest absolute Gasteiger partial charge is 0.397 e. The minimum atomic E-state index is -1.03. The zero-order valence-corrected chi connectivity index (χ0v) is 17.8. The second-order valence-electron chi connectivity index (χ2n) is 8.66. The zero-order valence-electron chi connectivity index (χ0n) is 17.8. The topological polar surface area (TPSA) is 80.0 Å². The first-order valence-electron chi connectivity index (χ1n) is 9.46. The third-order valence-electron chi connectivity index (χ3n) is 4.17. The van der Waals surface area contributed by atoms with Gasteiger partial charge in [-0.05, 0) is 32.0 Å². The molecule has 1 fully saturated rings. The molecule has 1 heterocycles. The highest BCUT2D eigenvalue weighted by molar-refractivity contribution is 5.76. The Morgan fingerprint density at radius 1 is 1.36 bits per heavy atom. The van der Waals surface area contributed by atoms with Gasteiger partial charge in [0.05, 0.1) is 25.5 Å². The Kier molecular flexibility index (Phi) is 7.00. The summed E-state index contributed by atoms with van der Waals surface area (Å²) in [6.45, 7) is 9.44. The van der Waals surface area contributed by atoms with Crippen molar-refractivity contribution >= 4 is 11.4 Å². The lowest BCUT2D eigenvalue weighted by atomic mass is 9.96. The second-order valence-corrected chi connectivity index (χ2v) is 8.66. The van der Waals surface area contributed by atoms with Gasteiger partial charge in [-0.15, -0.1) is 0 Å². The van der Waals surface area contributed by atoms with Crippen molar-refractivity contribution in [1.29, 1.82) is 0 Å². The van der Waals surface area contributed by atoms with Crippen molar-refractivity contribution in [3.8, 4) is 11.8 Å². The van der Waals surface area contributed by atoms with Crippen molar-refractivity contribution in [2.45, 2.75) is 39.6 Å². The lowest BCUT2D eigenvalue weighted by Gasteiger charge is -2.34. The molecule has 1 aromatic rings. The minimum Gasteiger partial charge on any atom is -0.397 e. The predicted octanol–water partition coefficient (Wildman–Crippen LogP) is 2.12. The third-order valence-corrected chi connectivity index (χ3v) is 4.17. The van der Waals surface area contributed by atoms with Crippen LogP contribution in [0.3, 0.4) is 0 Å². The van der Waals surface area contributed by atoms with Gasteiger partial charge in [-0.1, -0.05) is 25.7 Å². The fourth-order valence-electron chi connectivity index (χ4n) is 2.64. The Labute approximate surface area is 168 Å². The maximum Gasteiger partial charge on any atom is 0.174 e.